The fraction of sp³-hybridized carbons (Fsp3) is 0.400. The van der Waals surface area contributed by atoms with E-state index in [1.54, 1.807) is 0 Å². The Morgan fingerprint density at radius 3 is 2.71 bits per heavy atom. The minimum Gasteiger partial charge on any atom is -0.480 e. The van der Waals surface area contributed by atoms with Crippen LogP contribution in [-0.2, 0) is 24.4 Å². The van der Waals surface area contributed by atoms with E-state index in [4.69, 9.17) is 10.8 Å². The summed E-state index contributed by atoms with van der Waals surface area (Å²) in [5, 5.41) is 26.0. The number of carboxylic acids is 1. The normalized spacial score (nSPS) is 10.5. The average molecular weight is 294 g/mol. The molecule has 0 radical (unpaired) electrons. The lowest BCUT2D eigenvalue weighted by atomic mass is 10.4. The number of aromatic nitrogens is 6. The van der Waals surface area contributed by atoms with Crippen LogP contribution >= 0.6 is 0 Å². The molecule has 0 spiro atoms. The van der Waals surface area contributed by atoms with Crippen molar-refractivity contribution >= 4 is 11.9 Å². The zero-order valence-electron chi connectivity index (χ0n) is 11.0. The summed E-state index contributed by atoms with van der Waals surface area (Å²) in [6.45, 7) is 0.706. The van der Waals surface area contributed by atoms with E-state index in [0.29, 0.717) is 18.8 Å². The van der Waals surface area contributed by atoms with Gasteiger partial charge in [-0.3, -0.25) is 14.3 Å². The minimum absolute atomic E-state index is 0.113. The highest BCUT2D eigenvalue weighted by molar-refractivity contribution is 5.91. The van der Waals surface area contributed by atoms with Gasteiger partial charge >= 0.3 is 5.97 Å². The Labute approximate surface area is 118 Å². The van der Waals surface area contributed by atoms with Gasteiger partial charge in [-0.2, -0.15) is 0 Å². The molecular formula is C10H14N8O3. The van der Waals surface area contributed by atoms with Crippen molar-refractivity contribution in [1.29, 1.82) is 0 Å². The first-order valence-electron chi connectivity index (χ1n) is 6.07. The zero-order valence-corrected chi connectivity index (χ0v) is 11.0. The number of amides is 1. The van der Waals surface area contributed by atoms with Gasteiger partial charge in [0, 0.05) is 6.54 Å². The van der Waals surface area contributed by atoms with Crippen LogP contribution in [0.5, 0.6) is 0 Å². The number of nitrogens with zero attached hydrogens (tertiary/aromatic N) is 6. The Hall–Kier alpha value is -2.82. The Bertz CT molecular complexity index is 634. The summed E-state index contributed by atoms with van der Waals surface area (Å²) < 4.78 is 2.64. The number of nitrogens with one attached hydrogen (secondary N) is 1. The van der Waals surface area contributed by atoms with Crippen LogP contribution in [0.1, 0.15) is 16.2 Å². The number of aliphatic carboxylic acids is 1. The summed E-state index contributed by atoms with van der Waals surface area (Å²) in [5.74, 6) is -1.43. The molecule has 2 rings (SSSR count). The molecule has 11 nitrogen and oxygen atoms in total. The van der Waals surface area contributed by atoms with E-state index in [2.05, 4.69) is 25.9 Å². The third-order valence-electron chi connectivity index (χ3n) is 2.44. The molecule has 0 aliphatic heterocycles. The molecule has 2 aromatic heterocycles. The van der Waals surface area contributed by atoms with Gasteiger partial charge in [-0.1, -0.05) is 10.4 Å². The van der Waals surface area contributed by atoms with Gasteiger partial charge in [0.2, 0.25) is 0 Å². The maximum Gasteiger partial charge on any atom is 0.325 e. The molecule has 0 bridgehead atoms. The predicted molar refractivity (Wildman–Crippen MR) is 67.9 cm³/mol. The largest absolute Gasteiger partial charge is 0.480 e. The van der Waals surface area contributed by atoms with Crippen LogP contribution < -0.4 is 11.1 Å². The number of carbonyl (C=O) groups is 2. The highest BCUT2D eigenvalue weighted by Gasteiger charge is 2.11. The number of carbonyl (C=O) groups excluding carboxylic acids is 1. The van der Waals surface area contributed by atoms with Crippen molar-refractivity contribution in [3.63, 3.8) is 0 Å². The molecule has 0 fully saturated rings. The van der Waals surface area contributed by atoms with E-state index in [-0.39, 0.29) is 18.8 Å². The molecule has 11 heteroatoms. The molecule has 0 aromatic carbocycles. The predicted octanol–water partition coefficient (Wildman–Crippen LogP) is -2.16. The standard InChI is InChI=1S/C10H14N8O3/c11-1-2-17-5-8(14-16-17)10(21)12-3-7-4-18(15-13-7)6-9(19)20/h4-5H,1-3,6,11H2,(H,12,21)(H,19,20). The Morgan fingerprint density at radius 2 is 2.00 bits per heavy atom. The Kier molecular flexibility index (Phi) is 4.56. The van der Waals surface area contributed by atoms with Crippen molar-refractivity contribution in [1.82, 2.24) is 35.3 Å². The summed E-state index contributed by atoms with van der Waals surface area (Å²) in [7, 11) is 0. The van der Waals surface area contributed by atoms with Crippen molar-refractivity contribution in [2.24, 2.45) is 5.73 Å². The third kappa shape index (κ3) is 4.07. The molecule has 0 atom stereocenters. The molecular weight excluding hydrogens is 280 g/mol. The molecule has 2 heterocycles. The van der Waals surface area contributed by atoms with Crippen molar-refractivity contribution in [2.45, 2.75) is 19.6 Å². The fourth-order valence-corrected chi connectivity index (χ4v) is 1.54. The SMILES string of the molecule is NCCn1cc(C(=O)NCc2cn(CC(=O)O)nn2)nn1. The smallest absolute Gasteiger partial charge is 0.325 e. The van der Waals surface area contributed by atoms with Crippen molar-refractivity contribution in [2.75, 3.05) is 6.54 Å². The zero-order chi connectivity index (χ0) is 15.2. The van der Waals surface area contributed by atoms with E-state index in [1.165, 1.54) is 21.8 Å². The molecule has 0 aliphatic rings. The monoisotopic (exact) mass is 294 g/mol. The number of rotatable bonds is 7. The molecule has 0 saturated carbocycles. The molecule has 4 N–H and O–H groups in total. The van der Waals surface area contributed by atoms with E-state index in [9.17, 15) is 9.59 Å². The van der Waals surface area contributed by atoms with Crippen LogP contribution in [0.4, 0.5) is 0 Å². The second-order valence-corrected chi connectivity index (χ2v) is 4.14. The van der Waals surface area contributed by atoms with Gasteiger partial charge in [0.25, 0.3) is 5.91 Å². The fourth-order valence-electron chi connectivity index (χ4n) is 1.54. The van der Waals surface area contributed by atoms with E-state index >= 15 is 0 Å². The highest BCUT2D eigenvalue weighted by atomic mass is 16.4. The van der Waals surface area contributed by atoms with Gasteiger partial charge < -0.3 is 16.2 Å². The van der Waals surface area contributed by atoms with Crippen molar-refractivity contribution < 1.29 is 14.7 Å². The quantitative estimate of drug-likeness (QED) is 0.522. The van der Waals surface area contributed by atoms with Gasteiger partial charge in [-0.05, 0) is 0 Å². The highest BCUT2D eigenvalue weighted by Crippen LogP contribution is 1.96. The van der Waals surface area contributed by atoms with Gasteiger partial charge in [0.1, 0.15) is 12.2 Å². The van der Waals surface area contributed by atoms with Crippen molar-refractivity contribution in [3.05, 3.63) is 23.8 Å². The first kappa shape index (κ1) is 14.6. The van der Waals surface area contributed by atoms with Crippen LogP contribution in [0.3, 0.4) is 0 Å². The van der Waals surface area contributed by atoms with Crippen LogP contribution in [0, 0.1) is 0 Å². The van der Waals surface area contributed by atoms with Crippen LogP contribution in [0.15, 0.2) is 12.4 Å². The molecule has 0 aliphatic carbocycles. The number of carboxylic acid groups (broad SMARTS) is 1. The first-order valence-corrected chi connectivity index (χ1v) is 6.07. The lowest BCUT2D eigenvalue weighted by Gasteiger charge is -1.98. The maximum absolute atomic E-state index is 11.8. The number of hydrogen-bond acceptors (Lipinski definition) is 7. The Morgan fingerprint density at radius 1 is 1.24 bits per heavy atom. The van der Waals surface area contributed by atoms with Gasteiger partial charge in [0.15, 0.2) is 5.69 Å². The van der Waals surface area contributed by atoms with Crippen molar-refractivity contribution in [3.8, 4) is 0 Å². The number of hydrogen-bond donors (Lipinski definition) is 3. The van der Waals surface area contributed by atoms with Crippen LogP contribution in [-0.4, -0.2) is 53.5 Å². The minimum atomic E-state index is -1.02. The number of nitrogens with two attached hydrogens (primary N) is 1. The van der Waals surface area contributed by atoms with Gasteiger partial charge in [0.05, 0.1) is 25.5 Å². The van der Waals surface area contributed by atoms with E-state index in [1.807, 2.05) is 0 Å². The summed E-state index contributed by atoms with van der Waals surface area (Å²) in [6, 6.07) is 0. The lowest BCUT2D eigenvalue weighted by molar-refractivity contribution is -0.137. The summed E-state index contributed by atoms with van der Waals surface area (Å²) in [4.78, 5) is 22.3. The topological polar surface area (TPSA) is 154 Å². The van der Waals surface area contributed by atoms with Crippen LogP contribution in [0.2, 0.25) is 0 Å². The maximum atomic E-state index is 11.8. The van der Waals surface area contributed by atoms with E-state index in [0.717, 1.165) is 0 Å². The summed E-state index contributed by atoms with van der Waals surface area (Å²) >= 11 is 0. The Balaban J connectivity index is 1.88. The molecule has 1 amide bonds. The molecule has 0 unspecified atom stereocenters. The second kappa shape index (κ2) is 6.56. The van der Waals surface area contributed by atoms with Gasteiger partial charge in [-0.15, -0.1) is 10.2 Å². The molecule has 21 heavy (non-hydrogen) atoms. The summed E-state index contributed by atoms with van der Waals surface area (Å²) in [6.07, 6.45) is 2.93. The lowest BCUT2D eigenvalue weighted by Crippen LogP contribution is -2.23. The van der Waals surface area contributed by atoms with E-state index < -0.39 is 11.9 Å². The molecule has 0 saturated heterocycles. The molecule has 112 valence electrons. The van der Waals surface area contributed by atoms with Crippen LogP contribution in [0.25, 0.3) is 0 Å². The first-order chi connectivity index (χ1) is 10.1. The van der Waals surface area contributed by atoms with Gasteiger partial charge in [-0.25, -0.2) is 4.68 Å². The molecule has 2 aromatic rings. The third-order valence-corrected chi connectivity index (χ3v) is 2.44. The summed E-state index contributed by atoms with van der Waals surface area (Å²) in [5.41, 5.74) is 5.98. The average Bonchev–Trinajstić information content (AvgIpc) is 3.05. The second-order valence-electron chi connectivity index (χ2n) is 4.14.